The van der Waals surface area contributed by atoms with Gasteiger partial charge in [-0.15, -0.1) is 0 Å². The largest absolute Gasteiger partial charge is 0.335 e. The van der Waals surface area contributed by atoms with Crippen molar-refractivity contribution in [2.24, 2.45) is 4.99 Å². The third-order valence-electron chi connectivity index (χ3n) is 4.05. The van der Waals surface area contributed by atoms with Crippen LogP contribution in [-0.4, -0.2) is 29.3 Å². The molecule has 0 bridgehead atoms. The quantitative estimate of drug-likeness (QED) is 0.471. The molecule has 1 unspecified atom stereocenters. The van der Waals surface area contributed by atoms with Crippen molar-refractivity contribution in [3.05, 3.63) is 58.9 Å². The van der Waals surface area contributed by atoms with Crippen molar-refractivity contribution < 1.29 is 14.0 Å². The summed E-state index contributed by atoms with van der Waals surface area (Å²) in [5, 5.41) is 3.28. The number of amides is 2. The van der Waals surface area contributed by atoms with Gasteiger partial charge in [0, 0.05) is 24.2 Å². The third kappa shape index (κ3) is 4.31. The molecule has 8 heteroatoms. The van der Waals surface area contributed by atoms with E-state index < -0.39 is 5.25 Å². The van der Waals surface area contributed by atoms with E-state index in [1.165, 1.54) is 12.1 Å². The Morgan fingerprint density at radius 1 is 1.30 bits per heavy atom. The number of imide groups is 1. The molecule has 27 heavy (non-hydrogen) atoms. The molecule has 0 aromatic heterocycles. The van der Waals surface area contributed by atoms with Gasteiger partial charge in [-0.2, -0.15) is 0 Å². The summed E-state index contributed by atoms with van der Waals surface area (Å²) in [6.45, 7) is 1.85. The van der Waals surface area contributed by atoms with Gasteiger partial charge >= 0.3 is 0 Å². The fraction of sp³-hybridized carbons (Fsp3) is 0.211. The highest BCUT2D eigenvalue weighted by Crippen LogP contribution is 2.32. The number of benzene rings is 2. The Morgan fingerprint density at radius 3 is 2.74 bits per heavy atom. The van der Waals surface area contributed by atoms with Crippen molar-refractivity contribution in [1.82, 2.24) is 0 Å². The second kappa shape index (κ2) is 8.10. The fourth-order valence-corrected chi connectivity index (χ4v) is 3.81. The van der Waals surface area contributed by atoms with Gasteiger partial charge in [-0.25, -0.2) is 9.29 Å². The second-order valence-corrected chi connectivity index (χ2v) is 7.57. The minimum Gasteiger partial charge on any atom is -0.335 e. The van der Waals surface area contributed by atoms with Crippen LogP contribution >= 0.6 is 23.4 Å². The van der Waals surface area contributed by atoms with Crippen LogP contribution in [0.3, 0.4) is 0 Å². The number of nitrogens with one attached hydrogen (secondary N) is 1. The molecule has 1 aliphatic heterocycles. The molecule has 140 valence electrons. The molecular formula is C19H17ClFN3O2S. The Morgan fingerprint density at radius 2 is 2.07 bits per heavy atom. The molecule has 1 heterocycles. The molecule has 0 aliphatic carbocycles. The van der Waals surface area contributed by atoms with Gasteiger partial charge in [-0.05, 0) is 42.8 Å². The van der Waals surface area contributed by atoms with Crippen molar-refractivity contribution in [3.8, 4) is 0 Å². The summed E-state index contributed by atoms with van der Waals surface area (Å²) in [5.74, 6) is -0.999. The maximum absolute atomic E-state index is 13.3. The number of aryl methyl sites for hydroxylation is 1. The summed E-state index contributed by atoms with van der Waals surface area (Å²) in [5.41, 5.74) is 1.84. The molecule has 3 rings (SSSR count). The van der Waals surface area contributed by atoms with Crippen molar-refractivity contribution in [2.75, 3.05) is 17.3 Å². The molecule has 5 nitrogen and oxygen atoms in total. The number of nitrogens with zero attached hydrogens (tertiary/aromatic N) is 2. The number of thioether (sulfide) groups is 1. The number of halogens is 2. The average molecular weight is 406 g/mol. The Bertz CT molecular complexity index is 935. The molecule has 1 atom stereocenters. The van der Waals surface area contributed by atoms with E-state index in [-0.39, 0.29) is 24.1 Å². The van der Waals surface area contributed by atoms with E-state index >= 15 is 0 Å². The van der Waals surface area contributed by atoms with Crippen LogP contribution in [0.2, 0.25) is 5.02 Å². The lowest BCUT2D eigenvalue weighted by molar-refractivity contribution is -0.121. The monoisotopic (exact) mass is 405 g/mol. The standard InChI is InChI=1S/C19H17ClFN3O2S/c1-11-6-7-14(9-15(11)20)24-17(25)10-16(18(24)26)27-19(22-2)23-13-5-3-4-12(21)8-13/h3-9,16H,10H2,1-2H3,(H,22,23). The zero-order valence-electron chi connectivity index (χ0n) is 14.7. The van der Waals surface area contributed by atoms with Crippen LogP contribution in [-0.2, 0) is 9.59 Å². The topological polar surface area (TPSA) is 61.8 Å². The van der Waals surface area contributed by atoms with Crippen molar-refractivity contribution >= 4 is 51.7 Å². The average Bonchev–Trinajstić information content (AvgIpc) is 2.90. The van der Waals surface area contributed by atoms with E-state index in [9.17, 15) is 14.0 Å². The predicted molar refractivity (Wildman–Crippen MR) is 108 cm³/mol. The number of hydrogen-bond donors (Lipinski definition) is 1. The Hall–Kier alpha value is -2.38. The maximum Gasteiger partial charge on any atom is 0.247 e. The molecule has 0 saturated carbocycles. The lowest BCUT2D eigenvalue weighted by Crippen LogP contribution is -2.31. The number of amidine groups is 1. The van der Waals surface area contributed by atoms with Gasteiger partial charge in [0.25, 0.3) is 0 Å². The van der Waals surface area contributed by atoms with Gasteiger partial charge in [-0.3, -0.25) is 14.6 Å². The van der Waals surface area contributed by atoms with E-state index in [4.69, 9.17) is 11.6 Å². The molecule has 2 amide bonds. The van der Waals surface area contributed by atoms with Crippen LogP contribution < -0.4 is 10.2 Å². The Labute approximate surface area is 165 Å². The molecule has 2 aromatic rings. The van der Waals surface area contributed by atoms with Gasteiger partial charge in [0.2, 0.25) is 11.8 Å². The van der Waals surface area contributed by atoms with Crippen LogP contribution in [0.5, 0.6) is 0 Å². The summed E-state index contributed by atoms with van der Waals surface area (Å²) < 4.78 is 13.3. The van der Waals surface area contributed by atoms with Crippen molar-refractivity contribution in [1.29, 1.82) is 0 Å². The first kappa shape index (κ1) is 19.4. The van der Waals surface area contributed by atoms with E-state index in [2.05, 4.69) is 10.3 Å². The zero-order chi connectivity index (χ0) is 19.6. The SMILES string of the molecule is CN=C(Nc1cccc(F)c1)SC1CC(=O)N(c2ccc(C)c(Cl)c2)C1=O. The van der Waals surface area contributed by atoms with Gasteiger partial charge in [0.1, 0.15) is 11.1 Å². The normalized spacial score (nSPS) is 17.6. The first-order valence-corrected chi connectivity index (χ1v) is 9.44. The minimum absolute atomic E-state index is 0.0544. The highest BCUT2D eigenvalue weighted by atomic mass is 35.5. The minimum atomic E-state index is -0.614. The molecule has 2 aromatic carbocycles. The Balaban J connectivity index is 1.74. The lowest BCUT2D eigenvalue weighted by atomic mass is 10.2. The van der Waals surface area contributed by atoms with E-state index in [1.807, 2.05) is 6.92 Å². The number of hydrogen-bond acceptors (Lipinski definition) is 4. The van der Waals surface area contributed by atoms with Crippen LogP contribution in [0.1, 0.15) is 12.0 Å². The van der Waals surface area contributed by atoms with Crippen LogP contribution in [0.15, 0.2) is 47.5 Å². The summed E-state index contributed by atoms with van der Waals surface area (Å²) in [6, 6.07) is 11.0. The molecule has 0 radical (unpaired) electrons. The molecule has 1 aliphatic rings. The number of rotatable bonds is 3. The summed E-state index contributed by atoms with van der Waals surface area (Å²) >= 11 is 7.26. The zero-order valence-corrected chi connectivity index (χ0v) is 16.3. The molecule has 1 N–H and O–H groups in total. The van der Waals surface area contributed by atoms with Crippen molar-refractivity contribution in [3.63, 3.8) is 0 Å². The summed E-state index contributed by atoms with van der Waals surface area (Å²) in [7, 11) is 1.56. The maximum atomic E-state index is 13.3. The number of anilines is 2. The van der Waals surface area contributed by atoms with Crippen LogP contribution in [0, 0.1) is 12.7 Å². The molecule has 1 saturated heterocycles. The highest BCUT2D eigenvalue weighted by molar-refractivity contribution is 8.15. The number of carbonyl (C=O) groups excluding carboxylic acids is 2. The summed E-state index contributed by atoms with van der Waals surface area (Å²) in [4.78, 5) is 30.4. The molecule has 0 spiro atoms. The molecular weight excluding hydrogens is 389 g/mol. The number of carbonyl (C=O) groups is 2. The number of aliphatic imine (C=N–C) groups is 1. The summed E-state index contributed by atoms with van der Waals surface area (Å²) in [6.07, 6.45) is 0.0544. The highest BCUT2D eigenvalue weighted by Gasteiger charge is 2.40. The van der Waals surface area contributed by atoms with E-state index in [1.54, 1.807) is 37.4 Å². The van der Waals surface area contributed by atoms with Crippen molar-refractivity contribution in [2.45, 2.75) is 18.6 Å². The fourth-order valence-electron chi connectivity index (χ4n) is 2.65. The van der Waals surface area contributed by atoms with E-state index in [0.717, 1.165) is 22.2 Å². The third-order valence-corrected chi connectivity index (χ3v) is 5.62. The first-order chi connectivity index (χ1) is 12.9. The van der Waals surface area contributed by atoms with Gasteiger partial charge in [0.15, 0.2) is 5.17 Å². The van der Waals surface area contributed by atoms with Gasteiger partial charge < -0.3 is 5.32 Å². The first-order valence-electron chi connectivity index (χ1n) is 8.18. The lowest BCUT2D eigenvalue weighted by Gasteiger charge is -2.16. The predicted octanol–water partition coefficient (Wildman–Crippen LogP) is 4.25. The second-order valence-electron chi connectivity index (χ2n) is 5.98. The van der Waals surface area contributed by atoms with Gasteiger partial charge in [0.05, 0.1) is 5.69 Å². The Kier molecular flexibility index (Phi) is 5.82. The van der Waals surface area contributed by atoms with E-state index in [0.29, 0.717) is 21.6 Å². The van der Waals surface area contributed by atoms with Crippen LogP contribution in [0.25, 0.3) is 0 Å². The van der Waals surface area contributed by atoms with Crippen LogP contribution in [0.4, 0.5) is 15.8 Å². The molecule has 1 fully saturated rings. The smallest absolute Gasteiger partial charge is 0.247 e. The van der Waals surface area contributed by atoms with Gasteiger partial charge in [-0.1, -0.05) is 35.5 Å².